The van der Waals surface area contributed by atoms with Crippen LogP contribution in [-0.2, 0) is 39.5 Å². The van der Waals surface area contributed by atoms with Gasteiger partial charge in [0.15, 0.2) is 10.8 Å². The van der Waals surface area contributed by atoms with Gasteiger partial charge in [0.2, 0.25) is 10.7 Å². The first kappa shape index (κ1) is 52.4. The number of sulfonamides is 1. The van der Waals surface area contributed by atoms with Gasteiger partial charge in [0.1, 0.15) is 28.8 Å². The topological polar surface area (TPSA) is 178 Å². The molecule has 2 atom stereocenters. The van der Waals surface area contributed by atoms with Gasteiger partial charge in [0.25, 0.3) is 11.8 Å². The van der Waals surface area contributed by atoms with Crippen molar-refractivity contribution in [3.63, 3.8) is 0 Å². The van der Waals surface area contributed by atoms with Crippen molar-refractivity contribution in [2.45, 2.75) is 61.4 Å². The van der Waals surface area contributed by atoms with Crippen LogP contribution in [0.2, 0.25) is 0 Å². The van der Waals surface area contributed by atoms with Crippen LogP contribution in [0.3, 0.4) is 0 Å². The Morgan fingerprint density at radius 2 is 1.33 bits per heavy atom. The van der Waals surface area contributed by atoms with Crippen LogP contribution in [-0.4, -0.2) is 81.8 Å². The fourth-order valence-corrected chi connectivity index (χ4v) is 11.0. The van der Waals surface area contributed by atoms with Crippen LogP contribution in [0, 0.1) is 0 Å². The van der Waals surface area contributed by atoms with E-state index in [9.17, 15) is 36.0 Å². The Morgan fingerprint density at radius 3 is 1.82 bits per heavy atom. The Balaban J connectivity index is 1.15. The number of thioether (sulfide) groups is 1. The SMILES string of the molecule is CC(C)(C)OC(=O)Nc1nc(/C(=N/OC(c2ccccc2)(c2ccccc2)c2ccccc2)C(=O)NC2C(=O)N3C(C(=S)OC(c4ccccc4)c4ccccc4)=C(CCNS(=O)(=O)C(F)(F)F)CS[C@H]23)cs1. The average molecular weight is 1070 g/mol. The summed E-state index contributed by atoms with van der Waals surface area (Å²) in [6, 6.07) is 44.8. The van der Waals surface area contributed by atoms with E-state index in [0.717, 1.165) is 11.3 Å². The predicted molar refractivity (Wildman–Crippen MR) is 277 cm³/mol. The summed E-state index contributed by atoms with van der Waals surface area (Å²) in [4.78, 5) is 54.9. The Morgan fingerprint density at radius 1 is 0.822 bits per heavy atom. The molecular formula is C52H47F3N6O8S4. The minimum atomic E-state index is -5.70. The van der Waals surface area contributed by atoms with Crippen LogP contribution in [0.25, 0.3) is 0 Å². The number of carbonyl (C=O) groups is 3. The number of thiocarbonyl (C=S) groups is 1. The number of oxime groups is 1. The third-order valence-corrected chi connectivity index (χ3v) is 14.9. The molecule has 2 aliphatic heterocycles. The van der Waals surface area contributed by atoms with E-state index in [1.54, 1.807) is 25.5 Å². The summed E-state index contributed by atoms with van der Waals surface area (Å²) in [5.41, 5.74) is -4.46. The van der Waals surface area contributed by atoms with Gasteiger partial charge in [0.05, 0.1) is 5.70 Å². The number of alkyl halides is 3. The van der Waals surface area contributed by atoms with E-state index >= 15 is 0 Å². The highest BCUT2D eigenvalue weighted by Gasteiger charge is 2.54. The summed E-state index contributed by atoms with van der Waals surface area (Å²) in [5.74, 6) is -1.49. The van der Waals surface area contributed by atoms with Gasteiger partial charge in [-0.05, 0) is 56.1 Å². The minimum absolute atomic E-state index is 0.0248. The highest BCUT2D eigenvalue weighted by molar-refractivity contribution is 8.00. The number of nitrogens with zero attached hydrogens (tertiary/aromatic N) is 3. The molecule has 2 aliphatic rings. The monoisotopic (exact) mass is 1070 g/mol. The first-order valence-corrected chi connectivity index (χ1v) is 26.4. The number of hydrogen-bond donors (Lipinski definition) is 3. The Hall–Kier alpha value is -6.91. The number of halogens is 3. The van der Waals surface area contributed by atoms with Crippen LogP contribution in [0.5, 0.6) is 0 Å². The van der Waals surface area contributed by atoms with Crippen molar-refractivity contribution in [2.24, 2.45) is 5.16 Å². The molecule has 0 radical (unpaired) electrons. The number of β-lactam (4-membered cyclic amide) rings is 1. The summed E-state index contributed by atoms with van der Waals surface area (Å²) in [6.45, 7) is 4.43. The lowest BCUT2D eigenvalue weighted by atomic mass is 9.80. The number of amides is 3. The van der Waals surface area contributed by atoms with Gasteiger partial charge in [0, 0.05) is 34.4 Å². The standard InChI is InChI=1S/C52H47F3N6O8S4/c1-50(2,3)68-49(64)59-48-57-39(32-72-48)40(60-69-51(36-23-13-6-14-24-36,37-25-15-7-16-26-37)38-27-17-8-18-28-38)44(62)58-41-45(63)61-42(35(31-71-46(41)61)29-30-56-73(65,66)52(53,54)55)47(70)67-43(33-19-9-4-10-20-33)34-21-11-5-12-22-34/h4-28,32,41,43,46,56H,29-31H2,1-3H3,(H,58,62)(H,57,59,64)/b60-40-/t41?,46-/m1/s1. The molecule has 0 saturated carbocycles. The quantitative estimate of drug-likeness (QED) is 0.0261. The molecule has 378 valence electrons. The summed E-state index contributed by atoms with van der Waals surface area (Å²) in [5, 5.41) is 10.5. The van der Waals surface area contributed by atoms with Crippen LogP contribution < -0.4 is 15.4 Å². The predicted octanol–water partition coefficient (Wildman–Crippen LogP) is 9.82. The summed E-state index contributed by atoms with van der Waals surface area (Å²) < 4.78 is 77.6. The van der Waals surface area contributed by atoms with E-state index in [2.05, 4.69) is 20.8 Å². The molecule has 1 unspecified atom stereocenters. The number of ether oxygens (including phenoxy) is 2. The molecule has 1 aromatic heterocycles. The third-order valence-electron chi connectivity index (χ3n) is 11.4. The molecule has 3 N–H and O–H groups in total. The fourth-order valence-electron chi connectivity index (χ4n) is 8.06. The number of anilines is 1. The van der Waals surface area contributed by atoms with E-state index in [-0.39, 0.29) is 39.5 Å². The van der Waals surface area contributed by atoms with Gasteiger partial charge >= 0.3 is 21.6 Å². The summed E-state index contributed by atoms with van der Waals surface area (Å²) >= 11 is 8.10. The van der Waals surface area contributed by atoms with Crippen molar-refractivity contribution in [1.29, 1.82) is 0 Å². The summed E-state index contributed by atoms with van der Waals surface area (Å²) in [6.07, 6.45) is -1.87. The molecule has 1 fully saturated rings. The lowest BCUT2D eigenvalue weighted by Gasteiger charge is -2.50. The Labute approximate surface area is 433 Å². The lowest BCUT2D eigenvalue weighted by Crippen LogP contribution is -2.71. The second kappa shape index (κ2) is 22.1. The maximum absolute atomic E-state index is 14.9. The van der Waals surface area contributed by atoms with Crippen LogP contribution in [0.1, 0.15) is 66.8 Å². The van der Waals surface area contributed by atoms with Gasteiger partial charge in [-0.1, -0.05) is 157 Å². The Kier molecular flexibility index (Phi) is 15.8. The number of rotatable bonds is 17. The normalized spacial score (nSPS) is 16.3. The molecule has 0 spiro atoms. The molecular weight excluding hydrogens is 1020 g/mol. The summed E-state index contributed by atoms with van der Waals surface area (Å²) in [7, 11) is -5.70. The maximum atomic E-state index is 14.9. The molecule has 1 saturated heterocycles. The highest BCUT2D eigenvalue weighted by Crippen LogP contribution is 2.44. The van der Waals surface area contributed by atoms with Crippen molar-refractivity contribution in [1.82, 2.24) is 19.9 Å². The maximum Gasteiger partial charge on any atom is 0.511 e. The van der Waals surface area contributed by atoms with Crippen molar-refractivity contribution in [2.75, 3.05) is 17.6 Å². The highest BCUT2D eigenvalue weighted by atomic mass is 32.2. The zero-order chi connectivity index (χ0) is 52.0. The number of fused-ring (bicyclic) bond motifs is 1. The third kappa shape index (κ3) is 11.8. The molecule has 14 nitrogen and oxygen atoms in total. The molecule has 5 aromatic carbocycles. The van der Waals surface area contributed by atoms with Gasteiger partial charge in [-0.15, -0.1) is 23.1 Å². The molecule has 3 amide bonds. The Bertz CT molecular complexity index is 2990. The smallest absolute Gasteiger partial charge is 0.469 e. The first-order chi connectivity index (χ1) is 34.9. The minimum Gasteiger partial charge on any atom is -0.469 e. The number of aromatic nitrogens is 1. The molecule has 6 aromatic rings. The van der Waals surface area contributed by atoms with E-state index in [0.29, 0.717) is 33.4 Å². The number of thiazole rings is 1. The second-order valence-corrected chi connectivity index (χ2v) is 21.6. The van der Waals surface area contributed by atoms with Gasteiger partial charge in [-0.3, -0.25) is 19.8 Å². The number of hydrogen-bond acceptors (Lipinski definition) is 13. The fraction of sp³-hybridized carbons (Fsp3) is 0.231. The molecule has 73 heavy (non-hydrogen) atoms. The van der Waals surface area contributed by atoms with Crippen molar-refractivity contribution in [3.8, 4) is 0 Å². The van der Waals surface area contributed by atoms with Gasteiger partial charge in [-0.2, -0.15) is 13.2 Å². The van der Waals surface area contributed by atoms with Crippen molar-refractivity contribution < 1.29 is 50.3 Å². The van der Waals surface area contributed by atoms with Crippen LogP contribution >= 0.6 is 35.3 Å². The van der Waals surface area contributed by atoms with Crippen LogP contribution in [0.4, 0.5) is 23.1 Å². The molecule has 8 rings (SSSR count). The zero-order valence-electron chi connectivity index (χ0n) is 39.2. The molecule has 21 heteroatoms. The molecule has 3 heterocycles. The second-order valence-electron chi connectivity index (χ2n) is 17.5. The van der Waals surface area contributed by atoms with Crippen LogP contribution in [0.15, 0.2) is 173 Å². The largest absolute Gasteiger partial charge is 0.511 e. The van der Waals surface area contributed by atoms with Crippen molar-refractivity contribution >= 4 is 79.1 Å². The number of benzene rings is 5. The van der Waals surface area contributed by atoms with Gasteiger partial charge in [-0.25, -0.2) is 22.9 Å². The van der Waals surface area contributed by atoms with E-state index < -0.39 is 68.7 Å². The zero-order valence-corrected chi connectivity index (χ0v) is 42.5. The van der Waals surface area contributed by atoms with Crippen molar-refractivity contribution in [3.05, 3.63) is 202 Å². The number of nitrogens with one attached hydrogen (secondary N) is 3. The first-order valence-electron chi connectivity index (χ1n) is 22.6. The van der Waals surface area contributed by atoms with Gasteiger partial charge < -0.3 is 19.6 Å². The molecule has 0 bridgehead atoms. The average Bonchev–Trinajstić information content (AvgIpc) is 3.83. The van der Waals surface area contributed by atoms with E-state index in [1.807, 2.05) is 152 Å². The molecule has 0 aliphatic carbocycles. The lowest BCUT2D eigenvalue weighted by molar-refractivity contribution is -0.144. The number of carbonyl (C=O) groups excluding carboxylic acids is 3. The van der Waals surface area contributed by atoms with E-state index in [1.165, 1.54) is 22.0 Å². The van der Waals surface area contributed by atoms with E-state index in [4.69, 9.17) is 26.5 Å².